The Balaban J connectivity index is 1.52. The van der Waals surface area contributed by atoms with E-state index < -0.39 is 20.0 Å². The fraction of sp³-hybridized carbons (Fsp3) is 0.174. The smallest absolute Gasteiger partial charge is 0.261 e. The SMILES string of the molecule is CN(C)S(=O)(=O)c1ccc2c(c1)CCN2C(=O)c1ccc(NS(=O)(=O)c2ccccc2)cc1. The summed E-state index contributed by atoms with van der Waals surface area (Å²) in [5, 5.41) is 0. The molecule has 1 amide bonds. The van der Waals surface area contributed by atoms with Gasteiger partial charge in [-0.15, -0.1) is 0 Å². The second kappa shape index (κ2) is 8.62. The van der Waals surface area contributed by atoms with Crippen molar-refractivity contribution in [1.29, 1.82) is 0 Å². The van der Waals surface area contributed by atoms with E-state index in [-0.39, 0.29) is 15.7 Å². The minimum atomic E-state index is -3.72. The highest BCUT2D eigenvalue weighted by atomic mass is 32.2. The quantitative estimate of drug-likeness (QED) is 0.578. The number of fused-ring (bicyclic) bond motifs is 1. The average Bonchev–Trinajstić information content (AvgIpc) is 3.22. The van der Waals surface area contributed by atoms with Crippen molar-refractivity contribution in [2.24, 2.45) is 0 Å². The van der Waals surface area contributed by atoms with Gasteiger partial charge in [0, 0.05) is 37.6 Å². The number of benzene rings is 3. The van der Waals surface area contributed by atoms with Crippen LogP contribution in [0.15, 0.2) is 82.6 Å². The molecule has 10 heteroatoms. The van der Waals surface area contributed by atoms with E-state index in [9.17, 15) is 21.6 Å². The molecule has 0 spiro atoms. The lowest BCUT2D eigenvalue weighted by atomic mass is 10.1. The zero-order chi connectivity index (χ0) is 23.8. The number of nitrogens with one attached hydrogen (secondary N) is 1. The summed E-state index contributed by atoms with van der Waals surface area (Å²) in [6.07, 6.45) is 0.548. The lowest BCUT2D eigenvalue weighted by Crippen LogP contribution is -2.28. The summed E-state index contributed by atoms with van der Waals surface area (Å²) in [6, 6.07) is 19.0. The molecular weight excluding hydrogens is 462 g/mol. The zero-order valence-corrected chi connectivity index (χ0v) is 19.7. The summed E-state index contributed by atoms with van der Waals surface area (Å²) in [5.41, 5.74) is 2.20. The van der Waals surface area contributed by atoms with Crippen molar-refractivity contribution in [2.75, 3.05) is 30.3 Å². The molecule has 0 aliphatic carbocycles. The molecule has 3 aromatic rings. The molecule has 1 heterocycles. The van der Waals surface area contributed by atoms with Crippen molar-refractivity contribution in [3.63, 3.8) is 0 Å². The van der Waals surface area contributed by atoms with Crippen molar-refractivity contribution in [2.45, 2.75) is 16.2 Å². The van der Waals surface area contributed by atoms with E-state index in [0.29, 0.717) is 29.9 Å². The first-order valence-corrected chi connectivity index (χ1v) is 13.1. The largest absolute Gasteiger partial charge is 0.308 e. The molecule has 33 heavy (non-hydrogen) atoms. The van der Waals surface area contributed by atoms with Crippen LogP contribution in [0.25, 0.3) is 0 Å². The van der Waals surface area contributed by atoms with E-state index in [4.69, 9.17) is 0 Å². The Morgan fingerprint density at radius 1 is 0.879 bits per heavy atom. The van der Waals surface area contributed by atoms with Crippen LogP contribution in [0.2, 0.25) is 0 Å². The fourth-order valence-corrected chi connectivity index (χ4v) is 5.64. The van der Waals surface area contributed by atoms with Gasteiger partial charge in [-0.05, 0) is 66.6 Å². The number of amides is 1. The van der Waals surface area contributed by atoms with Crippen LogP contribution in [0.1, 0.15) is 15.9 Å². The van der Waals surface area contributed by atoms with E-state index >= 15 is 0 Å². The van der Waals surface area contributed by atoms with E-state index in [1.54, 1.807) is 47.4 Å². The lowest BCUT2D eigenvalue weighted by molar-refractivity contribution is 0.0989. The summed E-state index contributed by atoms with van der Waals surface area (Å²) in [5.74, 6) is -0.241. The van der Waals surface area contributed by atoms with Crippen LogP contribution in [0.3, 0.4) is 0 Å². The van der Waals surface area contributed by atoms with Crippen molar-refractivity contribution < 1.29 is 21.6 Å². The number of carbonyl (C=O) groups is 1. The molecule has 0 bridgehead atoms. The first-order valence-electron chi connectivity index (χ1n) is 10.1. The van der Waals surface area contributed by atoms with Gasteiger partial charge in [-0.25, -0.2) is 21.1 Å². The highest BCUT2D eigenvalue weighted by Gasteiger charge is 2.28. The van der Waals surface area contributed by atoms with Gasteiger partial charge in [-0.1, -0.05) is 18.2 Å². The monoisotopic (exact) mass is 485 g/mol. The Hall–Kier alpha value is -3.21. The molecule has 0 unspecified atom stereocenters. The lowest BCUT2D eigenvalue weighted by Gasteiger charge is -2.18. The molecule has 8 nitrogen and oxygen atoms in total. The average molecular weight is 486 g/mol. The van der Waals surface area contributed by atoms with E-state index in [1.807, 2.05) is 0 Å². The molecule has 3 aromatic carbocycles. The minimum Gasteiger partial charge on any atom is -0.308 e. The van der Waals surface area contributed by atoms with Crippen molar-refractivity contribution >= 4 is 37.3 Å². The third-order valence-electron chi connectivity index (χ3n) is 5.41. The predicted octanol–water partition coefficient (Wildman–Crippen LogP) is 2.94. The molecule has 0 atom stereocenters. The maximum atomic E-state index is 13.1. The van der Waals surface area contributed by atoms with Gasteiger partial charge in [-0.3, -0.25) is 9.52 Å². The molecule has 1 N–H and O–H groups in total. The Morgan fingerprint density at radius 3 is 2.18 bits per heavy atom. The molecule has 1 aliphatic heterocycles. The second-order valence-corrected chi connectivity index (χ2v) is 11.6. The van der Waals surface area contributed by atoms with Crippen molar-refractivity contribution in [3.05, 3.63) is 83.9 Å². The van der Waals surface area contributed by atoms with Crippen LogP contribution >= 0.6 is 0 Å². The van der Waals surface area contributed by atoms with Gasteiger partial charge in [0.2, 0.25) is 10.0 Å². The number of carbonyl (C=O) groups excluding carboxylic acids is 1. The first-order chi connectivity index (χ1) is 15.6. The Morgan fingerprint density at radius 2 is 1.55 bits per heavy atom. The molecular formula is C23H23N3O5S2. The standard InChI is InChI=1S/C23H23N3O5S2/c1-25(2)33(30,31)21-12-13-22-18(16-21)14-15-26(22)23(27)17-8-10-19(11-9-17)24-32(28,29)20-6-4-3-5-7-20/h3-13,16,24H,14-15H2,1-2H3. The minimum absolute atomic E-state index is 0.148. The first kappa shape index (κ1) is 23.0. The fourth-order valence-electron chi connectivity index (χ4n) is 3.61. The summed E-state index contributed by atoms with van der Waals surface area (Å²) in [6.45, 7) is 0.433. The zero-order valence-electron chi connectivity index (χ0n) is 18.1. The number of hydrogen-bond acceptors (Lipinski definition) is 5. The van der Waals surface area contributed by atoms with Crippen molar-refractivity contribution in [3.8, 4) is 0 Å². The maximum absolute atomic E-state index is 13.1. The molecule has 0 radical (unpaired) electrons. The van der Waals surface area contributed by atoms with E-state index in [1.165, 1.54) is 44.4 Å². The molecule has 172 valence electrons. The van der Waals surface area contributed by atoms with Gasteiger partial charge in [0.1, 0.15) is 0 Å². The molecule has 0 saturated carbocycles. The predicted molar refractivity (Wildman–Crippen MR) is 126 cm³/mol. The van der Waals surface area contributed by atoms with Crippen LogP contribution in [-0.2, 0) is 26.5 Å². The van der Waals surface area contributed by atoms with Crippen LogP contribution in [0, 0.1) is 0 Å². The molecule has 0 saturated heterocycles. The summed E-state index contributed by atoms with van der Waals surface area (Å²) in [7, 11) is -4.33. The van der Waals surface area contributed by atoms with Gasteiger partial charge in [-0.2, -0.15) is 0 Å². The van der Waals surface area contributed by atoms with Gasteiger partial charge >= 0.3 is 0 Å². The third-order valence-corrected chi connectivity index (χ3v) is 8.62. The number of nitrogens with zero attached hydrogens (tertiary/aromatic N) is 2. The summed E-state index contributed by atoms with van der Waals surface area (Å²) < 4.78 is 53.4. The Bertz CT molecular complexity index is 1400. The van der Waals surface area contributed by atoms with Gasteiger partial charge < -0.3 is 4.90 Å². The number of hydrogen-bond donors (Lipinski definition) is 1. The third kappa shape index (κ3) is 4.50. The van der Waals surface area contributed by atoms with Crippen LogP contribution in [-0.4, -0.2) is 47.7 Å². The highest BCUT2D eigenvalue weighted by molar-refractivity contribution is 7.92. The summed E-state index contributed by atoms with van der Waals surface area (Å²) in [4.78, 5) is 15.0. The summed E-state index contributed by atoms with van der Waals surface area (Å²) >= 11 is 0. The number of sulfonamides is 2. The van der Waals surface area contributed by atoms with E-state index in [2.05, 4.69) is 4.72 Å². The maximum Gasteiger partial charge on any atom is 0.261 e. The number of rotatable bonds is 6. The second-order valence-electron chi connectivity index (χ2n) is 7.78. The normalized spacial score (nSPS) is 13.7. The van der Waals surface area contributed by atoms with Crippen LogP contribution < -0.4 is 9.62 Å². The molecule has 0 fully saturated rings. The molecule has 0 aromatic heterocycles. The van der Waals surface area contributed by atoms with Crippen LogP contribution in [0.4, 0.5) is 11.4 Å². The van der Waals surface area contributed by atoms with Gasteiger partial charge in [0.25, 0.3) is 15.9 Å². The molecule has 1 aliphatic rings. The van der Waals surface area contributed by atoms with Gasteiger partial charge in [0.05, 0.1) is 9.79 Å². The highest BCUT2D eigenvalue weighted by Crippen LogP contribution is 2.32. The Labute approximate surface area is 193 Å². The van der Waals surface area contributed by atoms with Gasteiger partial charge in [0.15, 0.2) is 0 Å². The topological polar surface area (TPSA) is 104 Å². The molecule has 4 rings (SSSR count). The van der Waals surface area contributed by atoms with Crippen LogP contribution in [0.5, 0.6) is 0 Å². The Kier molecular flexibility index (Phi) is 6.00. The van der Waals surface area contributed by atoms with E-state index in [0.717, 1.165) is 9.87 Å². The van der Waals surface area contributed by atoms with Crippen molar-refractivity contribution in [1.82, 2.24) is 4.31 Å². The number of anilines is 2.